The van der Waals surface area contributed by atoms with Crippen molar-refractivity contribution in [3.05, 3.63) is 29.8 Å². The van der Waals surface area contributed by atoms with E-state index in [0.717, 1.165) is 48.8 Å². The lowest BCUT2D eigenvalue weighted by Gasteiger charge is -2.25. The number of hydrogen-bond acceptors (Lipinski definition) is 7. The zero-order chi connectivity index (χ0) is 20.2. The Labute approximate surface area is 173 Å². The molecule has 29 heavy (non-hydrogen) atoms. The summed E-state index contributed by atoms with van der Waals surface area (Å²) in [6.07, 6.45) is 5.01. The molecule has 1 aromatic carbocycles. The minimum Gasteiger partial charge on any atom is -0.497 e. The van der Waals surface area contributed by atoms with Crippen molar-refractivity contribution < 1.29 is 4.74 Å². The van der Waals surface area contributed by atoms with E-state index < -0.39 is 0 Å². The van der Waals surface area contributed by atoms with Crippen LogP contribution in [-0.2, 0) is 6.54 Å². The van der Waals surface area contributed by atoms with Gasteiger partial charge in [-0.3, -0.25) is 0 Å². The van der Waals surface area contributed by atoms with Crippen LogP contribution in [0.15, 0.2) is 24.3 Å². The van der Waals surface area contributed by atoms with E-state index in [2.05, 4.69) is 46.4 Å². The van der Waals surface area contributed by atoms with Gasteiger partial charge in [-0.1, -0.05) is 25.0 Å². The van der Waals surface area contributed by atoms with Crippen LogP contribution in [0.4, 0.5) is 23.3 Å². The van der Waals surface area contributed by atoms with Crippen molar-refractivity contribution in [2.75, 3.05) is 47.3 Å². The molecule has 4 rings (SSSR count). The fourth-order valence-electron chi connectivity index (χ4n) is 3.94. The number of nitrogens with one attached hydrogen (secondary N) is 2. The summed E-state index contributed by atoms with van der Waals surface area (Å²) in [5.41, 5.74) is 2.19. The number of fused-ring (bicyclic) bond motifs is 1. The van der Waals surface area contributed by atoms with Gasteiger partial charge in [-0.15, -0.1) is 0 Å². The van der Waals surface area contributed by atoms with Gasteiger partial charge in [0.2, 0.25) is 5.95 Å². The first-order chi connectivity index (χ1) is 14.2. The fraction of sp³-hybridized carbons (Fsp3) is 0.545. The van der Waals surface area contributed by atoms with Crippen LogP contribution < -0.4 is 25.2 Å². The van der Waals surface area contributed by atoms with Crippen molar-refractivity contribution in [3.63, 3.8) is 0 Å². The number of benzene rings is 1. The van der Waals surface area contributed by atoms with Crippen LogP contribution in [0.25, 0.3) is 0 Å². The first-order valence-corrected chi connectivity index (χ1v) is 10.7. The number of rotatable bonds is 6. The summed E-state index contributed by atoms with van der Waals surface area (Å²) in [6, 6.07) is 8.52. The quantitative estimate of drug-likeness (QED) is 0.763. The molecule has 0 unspecified atom stereocenters. The molecule has 1 saturated heterocycles. The molecule has 0 radical (unpaired) electrons. The number of methoxy groups -OCH3 is 1. The molecule has 7 heteroatoms. The summed E-state index contributed by atoms with van der Waals surface area (Å²) in [5.74, 6) is 3.60. The topological polar surface area (TPSA) is 65.5 Å². The summed E-state index contributed by atoms with van der Waals surface area (Å²) < 4.78 is 5.26. The second-order valence-electron chi connectivity index (χ2n) is 8.07. The number of ether oxygens (including phenoxy) is 1. The fourth-order valence-corrected chi connectivity index (χ4v) is 3.94. The van der Waals surface area contributed by atoms with E-state index in [0.29, 0.717) is 12.6 Å². The Bertz CT molecular complexity index is 815. The molecule has 2 aliphatic heterocycles. The van der Waals surface area contributed by atoms with Gasteiger partial charge in [0.25, 0.3) is 0 Å². The zero-order valence-corrected chi connectivity index (χ0v) is 17.7. The van der Waals surface area contributed by atoms with Gasteiger partial charge < -0.3 is 25.2 Å². The molecule has 0 saturated carbocycles. The second kappa shape index (κ2) is 8.76. The largest absolute Gasteiger partial charge is 0.497 e. The minimum atomic E-state index is 0.380. The van der Waals surface area contributed by atoms with E-state index in [1.807, 2.05) is 12.1 Å². The van der Waals surface area contributed by atoms with Gasteiger partial charge >= 0.3 is 0 Å². The maximum absolute atomic E-state index is 5.26. The average Bonchev–Trinajstić information content (AvgIpc) is 2.99. The highest BCUT2D eigenvalue weighted by Gasteiger charge is 2.28. The molecule has 2 aliphatic rings. The molecule has 0 amide bonds. The van der Waals surface area contributed by atoms with Crippen LogP contribution in [0.1, 0.15) is 45.1 Å². The lowest BCUT2D eigenvalue weighted by Crippen LogP contribution is -2.31. The standard InChI is InChI=1S/C22H32N6O/c1-16(2)28-15-24-19-20(23-14-17-8-10-18(29-3)11-9-17)25-22(26-21(19)28)27-12-6-4-5-7-13-27/h8-11,16,24H,4-7,12-15H2,1-3H3,(H,23,25,26). The van der Waals surface area contributed by atoms with Crippen molar-refractivity contribution in [1.82, 2.24) is 9.97 Å². The Kier molecular flexibility index (Phi) is 5.92. The molecule has 1 aromatic heterocycles. The molecule has 1 fully saturated rings. The lowest BCUT2D eigenvalue weighted by atomic mass is 10.2. The van der Waals surface area contributed by atoms with Crippen molar-refractivity contribution in [1.29, 1.82) is 0 Å². The molecule has 0 atom stereocenters. The summed E-state index contributed by atoms with van der Waals surface area (Å²) in [5, 5.41) is 7.04. The predicted molar refractivity (Wildman–Crippen MR) is 119 cm³/mol. The summed E-state index contributed by atoms with van der Waals surface area (Å²) >= 11 is 0. The molecule has 2 aromatic rings. The molecule has 0 bridgehead atoms. The molecule has 156 valence electrons. The van der Waals surface area contributed by atoms with Crippen LogP contribution >= 0.6 is 0 Å². The molecule has 0 spiro atoms. The van der Waals surface area contributed by atoms with Gasteiger partial charge in [-0.25, -0.2) is 0 Å². The molecule has 3 heterocycles. The van der Waals surface area contributed by atoms with Crippen molar-refractivity contribution >= 4 is 23.3 Å². The minimum absolute atomic E-state index is 0.380. The highest BCUT2D eigenvalue weighted by molar-refractivity contribution is 5.83. The highest BCUT2D eigenvalue weighted by atomic mass is 16.5. The number of hydrogen-bond donors (Lipinski definition) is 2. The van der Waals surface area contributed by atoms with Gasteiger partial charge in [0.15, 0.2) is 11.6 Å². The van der Waals surface area contributed by atoms with Crippen molar-refractivity contribution in [3.8, 4) is 5.75 Å². The molecule has 0 aliphatic carbocycles. The smallest absolute Gasteiger partial charge is 0.229 e. The summed E-state index contributed by atoms with van der Waals surface area (Å²) in [7, 11) is 1.69. The first-order valence-electron chi connectivity index (χ1n) is 10.7. The average molecular weight is 397 g/mol. The molecular formula is C22H32N6O. The Morgan fingerprint density at radius 3 is 2.45 bits per heavy atom. The SMILES string of the molecule is COc1ccc(CNc2nc(N3CCCCCC3)nc3c2NCN3C(C)C)cc1. The Hall–Kier alpha value is -2.70. The van der Waals surface area contributed by atoms with Gasteiger partial charge in [-0.05, 0) is 44.4 Å². The molecular weight excluding hydrogens is 364 g/mol. The highest BCUT2D eigenvalue weighted by Crippen LogP contribution is 2.38. The van der Waals surface area contributed by atoms with Crippen molar-refractivity contribution in [2.45, 2.75) is 52.1 Å². The van der Waals surface area contributed by atoms with Crippen LogP contribution in [-0.4, -0.2) is 42.9 Å². The van der Waals surface area contributed by atoms with Gasteiger partial charge in [0, 0.05) is 25.7 Å². The Morgan fingerprint density at radius 1 is 1.07 bits per heavy atom. The summed E-state index contributed by atoms with van der Waals surface area (Å²) in [4.78, 5) is 14.6. The number of nitrogens with zero attached hydrogens (tertiary/aromatic N) is 4. The van der Waals surface area contributed by atoms with Crippen LogP contribution in [0.3, 0.4) is 0 Å². The monoisotopic (exact) mass is 396 g/mol. The third kappa shape index (κ3) is 4.33. The number of aromatic nitrogens is 2. The Morgan fingerprint density at radius 2 is 1.79 bits per heavy atom. The van der Waals surface area contributed by atoms with Crippen LogP contribution in [0, 0.1) is 0 Å². The van der Waals surface area contributed by atoms with Crippen LogP contribution in [0.5, 0.6) is 5.75 Å². The Balaban J connectivity index is 1.61. The van der Waals surface area contributed by atoms with E-state index in [9.17, 15) is 0 Å². The third-order valence-electron chi connectivity index (χ3n) is 5.71. The van der Waals surface area contributed by atoms with Gasteiger partial charge in [0.1, 0.15) is 11.4 Å². The maximum Gasteiger partial charge on any atom is 0.229 e. The zero-order valence-electron chi connectivity index (χ0n) is 17.7. The molecule has 2 N–H and O–H groups in total. The predicted octanol–water partition coefficient (Wildman–Crippen LogP) is 4.08. The van der Waals surface area contributed by atoms with Crippen LogP contribution in [0.2, 0.25) is 0 Å². The van der Waals surface area contributed by atoms with E-state index in [4.69, 9.17) is 14.7 Å². The van der Waals surface area contributed by atoms with Gasteiger partial charge in [-0.2, -0.15) is 9.97 Å². The normalized spacial score (nSPS) is 16.4. The number of anilines is 4. The first kappa shape index (κ1) is 19.6. The van der Waals surface area contributed by atoms with E-state index in [-0.39, 0.29) is 0 Å². The maximum atomic E-state index is 5.26. The van der Waals surface area contributed by atoms with Crippen molar-refractivity contribution in [2.24, 2.45) is 0 Å². The van der Waals surface area contributed by atoms with Gasteiger partial charge in [0.05, 0.1) is 13.8 Å². The summed E-state index contributed by atoms with van der Waals surface area (Å²) in [6.45, 7) is 7.94. The van der Waals surface area contributed by atoms with E-state index in [1.165, 1.54) is 31.2 Å². The lowest BCUT2D eigenvalue weighted by molar-refractivity contribution is 0.414. The third-order valence-corrected chi connectivity index (χ3v) is 5.71. The molecule has 7 nitrogen and oxygen atoms in total. The van der Waals surface area contributed by atoms with E-state index >= 15 is 0 Å². The second-order valence-corrected chi connectivity index (χ2v) is 8.07. The van der Waals surface area contributed by atoms with E-state index in [1.54, 1.807) is 7.11 Å².